The SMILES string of the molecule is CCOC(=O)c1ccc(NC(=O)CCC(=O)Nc2nnc(CC)s2)cc1. The zero-order chi connectivity index (χ0) is 18.9. The molecule has 0 radical (unpaired) electrons. The third-order valence-electron chi connectivity index (χ3n) is 3.27. The predicted octanol–water partition coefficient (Wildman–Crippen LogP) is 2.63. The standard InChI is InChI=1S/C17H20N4O4S/c1-3-15-20-21-17(26-15)19-14(23)10-9-13(22)18-12-7-5-11(6-8-12)16(24)25-4-2/h5-8H,3-4,9-10H2,1-2H3,(H,18,22)(H,19,21,23). The van der Waals surface area contributed by atoms with Crippen LogP contribution in [0.5, 0.6) is 0 Å². The zero-order valence-corrected chi connectivity index (χ0v) is 15.4. The fourth-order valence-corrected chi connectivity index (χ4v) is 2.68. The lowest BCUT2D eigenvalue weighted by Gasteiger charge is -2.06. The Balaban J connectivity index is 1.77. The van der Waals surface area contributed by atoms with E-state index in [1.54, 1.807) is 31.2 Å². The molecule has 2 amide bonds. The summed E-state index contributed by atoms with van der Waals surface area (Å²) in [6.07, 6.45) is 0.823. The van der Waals surface area contributed by atoms with Crippen molar-refractivity contribution in [1.82, 2.24) is 10.2 Å². The number of carbonyl (C=O) groups is 3. The first-order chi connectivity index (χ1) is 12.5. The molecule has 0 spiro atoms. The number of nitrogens with one attached hydrogen (secondary N) is 2. The molecular formula is C17H20N4O4S. The summed E-state index contributed by atoms with van der Waals surface area (Å²) < 4.78 is 4.89. The van der Waals surface area contributed by atoms with Gasteiger partial charge in [-0.1, -0.05) is 18.3 Å². The van der Waals surface area contributed by atoms with Gasteiger partial charge in [0, 0.05) is 18.5 Å². The molecule has 1 aromatic heterocycles. The molecule has 0 atom stereocenters. The number of ether oxygens (including phenoxy) is 1. The Labute approximate surface area is 155 Å². The Morgan fingerprint density at radius 2 is 1.65 bits per heavy atom. The van der Waals surface area contributed by atoms with Gasteiger partial charge in [0.25, 0.3) is 0 Å². The Morgan fingerprint density at radius 1 is 1.00 bits per heavy atom. The minimum absolute atomic E-state index is 0.0326. The second-order valence-corrected chi connectivity index (χ2v) is 6.31. The van der Waals surface area contributed by atoms with Crippen LogP contribution in [0.25, 0.3) is 0 Å². The first kappa shape index (κ1) is 19.5. The number of carbonyl (C=O) groups excluding carboxylic acids is 3. The number of benzene rings is 1. The minimum atomic E-state index is -0.412. The predicted molar refractivity (Wildman–Crippen MR) is 98.2 cm³/mol. The maximum atomic E-state index is 11.9. The van der Waals surface area contributed by atoms with Crippen LogP contribution >= 0.6 is 11.3 Å². The molecule has 2 N–H and O–H groups in total. The van der Waals surface area contributed by atoms with E-state index in [2.05, 4.69) is 20.8 Å². The number of nitrogens with zero attached hydrogens (tertiary/aromatic N) is 2. The lowest BCUT2D eigenvalue weighted by atomic mass is 10.2. The number of rotatable bonds is 8. The number of hydrogen-bond acceptors (Lipinski definition) is 7. The molecule has 0 aliphatic rings. The monoisotopic (exact) mass is 376 g/mol. The highest BCUT2D eigenvalue weighted by Gasteiger charge is 2.11. The molecule has 0 bridgehead atoms. The number of esters is 1. The van der Waals surface area contributed by atoms with E-state index in [1.807, 2.05) is 6.92 Å². The lowest BCUT2D eigenvalue weighted by Crippen LogP contribution is -2.17. The van der Waals surface area contributed by atoms with Gasteiger partial charge in [-0.25, -0.2) is 4.79 Å². The maximum Gasteiger partial charge on any atom is 0.338 e. The summed E-state index contributed by atoms with van der Waals surface area (Å²) in [5.41, 5.74) is 0.952. The molecule has 138 valence electrons. The first-order valence-corrected chi connectivity index (χ1v) is 9.02. The van der Waals surface area contributed by atoms with Gasteiger partial charge in [0.1, 0.15) is 5.01 Å². The van der Waals surface area contributed by atoms with Crippen LogP contribution in [-0.4, -0.2) is 34.6 Å². The van der Waals surface area contributed by atoms with Gasteiger partial charge in [-0.05, 0) is 37.6 Å². The molecule has 0 saturated carbocycles. The van der Waals surface area contributed by atoms with E-state index in [-0.39, 0.29) is 24.7 Å². The van der Waals surface area contributed by atoms with Crippen LogP contribution in [0.4, 0.5) is 10.8 Å². The quantitative estimate of drug-likeness (QED) is 0.685. The van der Waals surface area contributed by atoms with E-state index >= 15 is 0 Å². The highest BCUT2D eigenvalue weighted by molar-refractivity contribution is 7.15. The topological polar surface area (TPSA) is 110 Å². The van der Waals surface area contributed by atoms with Crippen LogP contribution in [0, 0.1) is 0 Å². The van der Waals surface area contributed by atoms with E-state index < -0.39 is 5.97 Å². The smallest absolute Gasteiger partial charge is 0.338 e. The fourth-order valence-electron chi connectivity index (χ4n) is 1.98. The van der Waals surface area contributed by atoms with Crippen molar-refractivity contribution in [1.29, 1.82) is 0 Å². The van der Waals surface area contributed by atoms with Crippen molar-refractivity contribution in [2.24, 2.45) is 0 Å². The van der Waals surface area contributed by atoms with Crippen molar-refractivity contribution >= 4 is 39.9 Å². The lowest BCUT2D eigenvalue weighted by molar-refractivity contribution is -0.121. The van der Waals surface area contributed by atoms with Gasteiger partial charge in [0.15, 0.2) is 0 Å². The van der Waals surface area contributed by atoms with Gasteiger partial charge in [-0.2, -0.15) is 0 Å². The van der Waals surface area contributed by atoms with E-state index in [0.29, 0.717) is 23.0 Å². The first-order valence-electron chi connectivity index (χ1n) is 8.21. The number of hydrogen-bond donors (Lipinski definition) is 2. The van der Waals surface area contributed by atoms with Gasteiger partial charge in [0.2, 0.25) is 16.9 Å². The summed E-state index contributed by atoms with van der Waals surface area (Å²) in [6.45, 7) is 3.99. The van der Waals surface area contributed by atoms with Crippen LogP contribution in [0.2, 0.25) is 0 Å². The summed E-state index contributed by atoms with van der Waals surface area (Å²) >= 11 is 1.31. The van der Waals surface area contributed by atoms with Crippen molar-refractivity contribution in [2.45, 2.75) is 33.1 Å². The van der Waals surface area contributed by atoms with Gasteiger partial charge in [-0.15, -0.1) is 10.2 Å². The third-order valence-corrected chi connectivity index (χ3v) is 4.26. The Morgan fingerprint density at radius 3 is 2.23 bits per heavy atom. The van der Waals surface area contributed by atoms with Gasteiger partial charge in [-0.3, -0.25) is 9.59 Å². The van der Waals surface area contributed by atoms with E-state index in [9.17, 15) is 14.4 Å². The molecule has 9 heteroatoms. The zero-order valence-electron chi connectivity index (χ0n) is 14.6. The molecule has 1 aromatic carbocycles. The van der Waals surface area contributed by atoms with Crippen LogP contribution in [-0.2, 0) is 20.7 Å². The van der Waals surface area contributed by atoms with Crippen LogP contribution in [0.3, 0.4) is 0 Å². The van der Waals surface area contributed by atoms with Crippen molar-refractivity contribution in [3.05, 3.63) is 34.8 Å². The van der Waals surface area contributed by atoms with Crippen molar-refractivity contribution in [3.8, 4) is 0 Å². The highest BCUT2D eigenvalue weighted by atomic mass is 32.1. The molecule has 26 heavy (non-hydrogen) atoms. The molecule has 0 aliphatic heterocycles. The van der Waals surface area contributed by atoms with Gasteiger partial charge < -0.3 is 15.4 Å². The molecular weight excluding hydrogens is 356 g/mol. The summed E-state index contributed by atoms with van der Waals surface area (Å²) in [6, 6.07) is 6.36. The normalized spacial score (nSPS) is 10.2. The third kappa shape index (κ3) is 5.92. The summed E-state index contributed by atoms with van der Waals surface area (Å²) in [4.78, 5) is 35.3. The molecule has 8 nitrogen and oxygen atoms in total. The molecule has 0 aliphatic carbocycles. The summed E-state index contributed by atoms with van der Waals surface area (Å²) in [7, 11) is 0. The Kier molecular flexibility index (Phi) is 7.22. The largest absolute Gasteiger partial charge is 0.462 e. The molecule has 2 aromatic rings. The van der Waals surface area contributed by atoms with Crippen molar-refractivity contribution in [3.63, 3.8) is 0 Å². The minimum Gasteiger partial charge on any atom is -0.462 e. The average Bonchev–Trinajstić information content (AvgIpc) is 3.08. The second kappa shape index (κ2) is 9.62. The molecule has 0 fully saturated rings. The molecule has 0 saturated heterocycles. The van der Waals surface area contributed by atoms with Gasteiger partial charge >= 0.3 is 5.97 Å². The van der Waals surface area contributed by atoms with E-state index in [0.717, 1.165) is 11.4 Å². The van der Waals surface area contributed by atoms with Crippen LogP contribution in [0.15, 0.2) is 24.3 Å². The molecule has 0 unspecified atom stereocenters. The number of amides is 2. The number of aryl methyl sites for hydroxylation is 1. The van der Waals surface area contributed by atoms with Crippen molar-refractivity contribution in [2.75, 3.05) is 17.2 Å². The highest BCUT2D eigenvalue weighted by Crippen LogP contribution is 2.16. The van der Waals surface area contributed by atoms with Crippen LogP contribution < -0.4 is 10.6 Å². The second-order valence-electron chi connectivity index (χ2n) is 5.25. The summed E-state index contributed by atoms with van der Waals surface area (Å²) in [5, 5.41) is 14.3. The fraction of sp³-hybridized carbons (Fsp3) is 0.353. The number of anilines is 2. The van der Waals surface area contributed by atoms with E-state index in [1.165, 1.54) is 11.3 Å². The summed E-state index contributed by atoms with van der Waals surface area (Å²) in [5.74, 6) is -1.00. The maximum absolute atomic E-state index is 11.9. The van der Waals surface area contributed by atoms with Gasteiger partial charge in [0.05, 0.1) is 12.2 Å². The van der Waals surface area contributed by atoms with Crippen LogP contribution in [0.1, 0.15) is 42.1 Å². The molecule has 2 rings (SSSR count). The Bertz CT molecular complexity index is 773. The molecule has 1 heterocycles. The average molecular weight is 376 g/mol. The van der Waals surface area contributed by atoms with E-state index in [4.69, 9.17) is 4.74 Å². The Hall–Kier alpha value is -2.81. The number of aromatic nitrogens is 2. The van der Waals surface area contributed by atoms with Crippen molar-refractivity contribution < 1.29 is 19.1 Å².